The SMILES string of the molecule is CC1(C)C[C@H](NC(=S)Nc2ccc(OC(F)F)cc2)C[C@](C)(CNC(=S)Nc2ccc(OC(F)F)cc2)C1. The average molecular weight is 573 g/mol. The fourth-order valence-electron chi connectivity index (χ4n) is 5.13. The van der Waals surface area contributed by atoms with E-state index in [4.69, 9.17) is 24.4 Å². The fourth-order valence-corrected chi connectivity index (χ4v) is 5.61. The molecule has 1 fully saturated rings. The number of ether oxygens (including phenoxy) is 2. The molecule has 0 radical (unpaired) electrons. The number of hydrogen-bond acceptors (Lipinski definition) is 4. The van der Waals surface area contributed by atoms with Crippen molar-refractivity contribution < 1.29 is 27.0 Å². The van der Waals surface area contributed by atoms with Crippen molar-refractivity contribution in [2.45, 2.75) is 59.3 Å². The Balaban J connectivity index is 1.52. The van der Waals surface area contributed by atoms with Gasteiger partial charge in [0.15, 0.2) is 10.2 Å². The lowest BCUT2D eigenvalue weighted by Gasteiger charge is -2.47. The van der Waals surface area contributed by atoms with Crippen LogP contribution in [0, 0.1) is 10.8 Å². The average Bonchev–Trinajstić information content (AvgIpc) is 2.78. The Kier molecular flexibility index (Phi) is 10.00. The third kappa shape index (κ3) is 9.79. The van der Waals surface area contributed by atoms with Crippen LogP contribution in [0.1, 0.15) is 40.0 Å². The van der Waals surface area contributed by atoms with Gasteiger partial charge in [0.2, 0.25) is 0 Å². The highest BCUT2D eigenvalue weighted by molar-refractivity contribution is 7.80. The molecule has 0 heterocycles. The minimum atomic E-state index is -2.87. The molecule has 0 bridgehead atoms. The van der Waals surface area contributed by atoms with Crippen molar-refractivity contribution in [2.24, 2.45) is 10.8 Å². The summed E-state index contributed by atoms with van der Waals surface area (Å²) in [5.41, 5.74) is 1.27. The molecule has 0 spiro atoms. The van der Waals surface area contributed by atoms with Gasteiger partial charge < -0.3 is 30.7 Å². The van der Waals surface area contributed by atoms with Gasteiger partial charge in [-0.2, -0.15) is 17.6 Å². The van der Waals surface area contributed by atoms with Crippen molar-refractivity contribution in [3.8, 4) is 11.5 Å². The van der Waals surface area contributed by atoms with Gasteiger partial charge in [-0.15, -0.1) is 0 Å². The Morgan fingerprint density at radius 2 is 1.29 bits per heavy atom. The minimum absolute atomic E-state index is 0.0474. The van der Waals surface area contributed by atoms with E-state index in [2.05, 4.69) is 51.5 Å². The van der Waals surface area contributed by atoms with E-state index < -0.39 is 13.2 Å². The van der Waals surface area contributed by atoms with E-state index in [9.17, 15) is 17.6 Å². The molecule has 1 aliphatic rings. The molecule has 12 heteroatoms. The zero-order chi connectivity index (χ0) is 27.9. The molecule has 6 nitrogen and oxygen atoms in total. The number of alkyl halides is 4. The third-order valence-corrected chi connectivity index (χ3v) is 6.60. The summed E-state index contributed by atoms with van der Waals surface area (Å²) >= 11 is 11.0. The van der Waals surface area contributed by atoms with Crippen LogP contribution in [0.25, 0.3) is 0 Å². The second kappa shape index (κ2) is 12.8. The van der Waals surface area contributed by atoms with Gasteiger partial charge in [0.25, 0.3) is 0 Å². The fraction of sp³-hybridized carbons (Fsp3) is 0.462. The Hall–Kier alpha value is -2.86. The topological polar surface area (TPSA) is 66.6 Å². The van der Waals surface area contributed by atoms with Crippen LogP contribution in [0.15, 0.2) is 48.5 Å². The summed E-state index contributed by atoms with van der Waals surface area (Å²) in [5.74, 6) is 0.150. The lowest BCUT2D eigenvalue weighted by molar-refractivity contribution is -0.0505. The van der Waals surface area contributed by atoms with Crippen LogP contribution in [0.4, 0.5) is 28.9 Å². The third-order valence-electron chi connectivity index (χ3n) is 6.13. The Morgan fingerprint density at radius 3 is 1.76 bits per heavy atom. The van der Waals surface area contributed by atoms with Crippen molar-refractivity contribution in [3.63, 3.8) is 0 Å². The summed E-state index contributed by atoms with van der Waals surface area (Å²) in [6.07, 6.45) is 2.73. The molecular formula is C26H32F4N4O2S2. The van der Waals surface area contributed by atoms with Crippen LogP contribution in [-0.2, 0) is 0 Å². The van der Waals surface area contributed by atoms with Crippen molar-refractivity contribution in [3.05, 3.63) is 48.5 Å². The molecule has 2 aromatic carbocycles. The van der Waals surface area contributed by atoms with Crippen molar-refractivity contribution >= 4 is 46.0 Å². The van der Waals surface area contributed by atoms with Crippen LogP contribution >= 0.6 is 24.4 Å². The van der Waals surface area contributed by atoms with E-state index in [1.165, 1.54) is 24.3 Å². The molecule has 208 valence electrons. The lowest BCUT2D eigenvalue weighted by Crippen LogP contribution is -2.51. The quantitative estimate of drug-likeness (QED) is 0.195. The van der Waals surface area contributed by atoms with Crippen LogP contribution in [-0.4, -0.2) is 36.0 Å². The second-order valence-electron chi connectivity index (χ2n) is 10.5. The molecule has 38 heavy (non-hydrogen) atoms. The van der Waals surface area contributed by atoms with E-state index >= 15 is 0 Å². The predicted octanol–water partition coefficient (Wildman–Crippen LogP) is 6.75. The molecule has 0 saturated heterocycles. The molecular weight excluding hydrogens is 540 g/mol. The highest BCUT2D eigenvalue weighted by atomic mass is 32.1. The summed E-state index contributed by atoms with van der Waals surface area (Å²) in [6, 6.07) is 12.4. The summed E-state index contributed by atoms with van der Waals surface area (Å²) in [4.78, 5) is 0. The molecule has 4 N–H and O–H groups in total. The van der Waals surface area contributed by atoms with E-state index in [0.717, 1.165) is 19.3 Å². The van der Waals surface area contributed by atoms with E-state index in [1.54, 1.807) is 24.3 Å². The zero-order valence-electron chi connectivity index (χ0n) is 21.3. The number of halogens is 4. The molecule has 1 aliphatic carbocycles. The molecule has 2 aromatic rings. The number of anilines is 2. The molecule has 0 unspecified atom stereocenters. The molecule has 0 amide bonds. The second-order valence-corrected chi connectivity index (χ2v) is 11.3. The van der Waals surface area contributed by atoms with E-state index in [-0.39, 0.29) is 28.4 Å². The summed E-state index contributed by atoms with van der Waals surface area (Å²) in [5, 5.41) is 13.7. The smallest absolute Gasteiger partial charge is 0.387 e. The number of benzene rings is 2. The van der Waals surface area contributed by atoms with Gasteiger partial charge in [-0.3, -0.25) is 0 Å². The molecule has 1 saturated carbocycles. The molecule has 0 aliphatic heterocycles. The minimum Gasteiger partial charge on any atom is -0.435 e. The standard InChI is InChI=1S/C26H32F4N4O2S2/c1-25(2)12-18(34-24(38)33-17-6-10-20(11-7-17)36-22(29)30)13-26(3,14-25)15-31-23(37)32-16-4-8-19(9-5-16)35-21(27)28/h4-11,18,21-22H,12-15H2,1-3H3,(H2,31,32,37)(H2,33,34,38)/t18-,26-/m0/s1. The van der Waals surface area contributed by atoms with Gasteiger partial charge in [-0.1, -0.05) is 20.8 Å². The summed E-state index contributed by atoms with van der Waals surface area (Å²) in [7, 11) is 0. The van der Waals surface area contributed by atoms with Gasteiger partial charge in [-0.05, 0) is 103 Å². The van der Waals surface area contributed by atoms with Gasteiger partial charge in [0.1, 0.15) is 11.5 Å². The van der Waals surface area contributed by atoms with Crippen LogP contribution < -0.4 is 30.7 Å². The van der Waals surface area contributed by atoms with Gasteiger partial charge >= 0.3 is 13.2 Å². The first kappa shape index (κ1) is 29.7. The van der Waals surface area contributed by atoms with Crippen molar-refractivity contribution in [2.75, 3.05) is 17.2 Å². The summed E-state index contributed by atoms with van der Waals surface area (Å²) in [6.45, 7) is 1.52. The molecule has 2 atom stereocenters. The van der Waals surface area contributed by atoms with Crippen LogP contribution in [0.3, 0.4) is 0 Å². The number of hydrogen-bond donors (Lipinski definition) is 4. The van der Waals surface area contributed by atoms with E-state index in [0.29, 0.717) is 28.1 Å². The summed E-state index contributed by atoms with van der Waals surface area (Å²) < 4.78 is 58.1. The van der Waals surface area contributed by atoms with Crippen molar-refractivity contribution in [1.29, 1.82) is 0 Å². The molecule has 3 rings (SSSR count). The van der Waals surface area contributed by atoms with Gasteiger partial charge in [-0.25, -0.2) is 0 Å². The normalized spacial score (nSPS) is 20.5. The van der Waals surface area contributed by atoms with Crippen molar-refractivity contribution in [1.82, 2.24) is 10.6 Å². The maximum Gasteiger partial charge on any atom is 0.387 e. The highest BCUT2D eigenvalue weighted by Gasteiger charge is 2.41. The van der Waals surface area contributed by atoms with Gasteiger partial charge in [0, 0.05) is 24.0 Å². The lowest BCUT2D eigenvalue weighted by atomic mass is 9.62. The first-order chi connectivity index (χ1) is 17.8. The Labute approximate surface area is 230 Å². The number of rotatable bonds is 9. The van der Waals surface area contributed by atoms with Gasteiger partial charge in [0.05, 0.1) is 0 Å². The maximum atomic E-state index is 12.4. The zero-order valence-corrected chi connectivity index (χ0v) is 23.0. The van der Waals surface area contributed by atoms with E-state index in [1.807, 2.05) is 0 Å². The molecule has 0 aromatic heterocycles. The number of thiocarbonyl (C=S) groups is 2. The largest absolute Gasteiger partial charge is 0.435 e. The van der Waals surface area contributed by atoms with Crippen LogP contribution in [0.2, 0.25) is 0 Å². The van der Waals surface area contributed by atoms with Crippen LogP contribution in [0.5, 0.6) is 11.5 Å². The monoisotopic (exact) mass is 572 g/mol. The maximum absolute atomic E-state index is 12.4. The Bertz CT molecular complexity index is 1090. The number of nitrogens with one attached hydrogen (secondary N) is 4. The first-order valence-corrected chi connectivity index (χ1v) is 12.8. The Morgan fingerprint density at radius 1 is 0.816 bits per heavy atom. The highest BCUT2D eigenvalue weighted by Crippen LogP contribution is 2.45. The first-order valence-electron chi connectivity index (χ1n) is 12.0. The predicted molar refractivity (Wildman–Crippen MR) is 149 cm³/mol.